The van der Waals surface area contributed by atoms with Crippen molar-refractivity contribution in [3.63, 3.8) is 0 Å². The molecular formula is C21H20ClN3O3. The summed E-state index contributed by atoms with van der Waals surface area (Å²) in [5.74, 6) is 0.250. The molecular weight excluding hydrogens is 378 g/mol. The number of imide groups is 1. The number of methoxy groups -OCH3 is 1. The lowest BCUT2D eigenvalue weighted by molar-refractivity contribution is -0.121. The van der Waals surface area contributed by atoms with Crippen LogP contribution in [0.25, 0.3) is 10.9 Å². The standard InChI is InChI=1S/C21H20ClN3O3/c1-28-16-5-3-15(4-6-16)25-20(26)11-19(21(25)27)23-9-8-13-12-24-18-7-2-14(22)10-17(13)18/h2-7,10,12,19,23-24H,8-9,11H2,1H3/t19-/m1/s1. The zero-order chi connectivity index (χ0) is 19.7. The van der Waals surface area contributed by atoms with Gasteiger partial charge >= 0.3 is 0 Å². The van der Waals surface area contributed by atoms with Gasteiger partial charge in [-0.15, -0.1) is 0 Å². The highest BCUT2D eigenvalue weighted by Crippen LogP contribution is 2.26. The molecule has 4 rings (SSSR count). The average molecular weight is 398 g/mol. The van der Waals surface area contributed by atoms with Crippen molar-refractivity contribution in [1.82, 2.24) is 10.3 Å². The Morgan fingerprint density at radius 1 is 1.21 bits per heavy atom. The van der Waals surface area contributed by atoms with Crippen molar-refractivity contribution in [3.8, 4) is 5.75 Å². The molecule has 0 radical (unpaired) electrons. The van der Waals surface area contributed by atoms with Crippen molar-refractivity contribution in [1.29, 1.82) is 0 Å². The van der Waals surface area contributed by atoms with Crippen LogP contribution >= 0.6 is 11.6 Å². The normalized spacial score (nSPS) is 16.9. The lowest BCUT2D eigenvalue weighted by Gasteiger charge is -2.16. The van der Waals surface area contributed by atoms with Crippen LogP contribution in [0.2, 0.25) is 5.02 Å². The second kappa shape index (κ2) is 7.66. The quantitative estimate of drug-likeness (QED) is 0.626. The second-order valence-corrected chi connectivity index (χ2v) is 7.17. The van der Waals surface area contributed by atoms with Gasteiger partial charge in [0.15, 0.2) is 0 Å². The van der Waals surface area contributed by atoms with E-state index in [-0.39, 0.29) is 18.2 Å². The summed E-state index contributed by atoms with van der Waals surface area (Å²) in [6.07, 6.45) is 2.83. The van der Waals surface area contributed by atoms with Gasteiger partial charge in [-0.25, -0.2) is 4.90 Å². The molecule has 1 atom stereocenters. The summed E-state index contributed by atoms with van der Waals surface area (Å²) in [6, 6.07) is 12.1. The van der Waals surface area contributed by atoms with Crippen LogP contribution in [0, 0.1) is 0 Å². The number of carbonyl (C=O) groups excluding carboxylic acids is 2. The summed E-state index contributed by atoms with van der Waals surface area (Å²) in [5, 5.41) is 4.98. The third kappa shape index (κ3) is 3.48. The number of ether oxygens (including phenoxy) is 1. The van der Waals surface area contributed by atoms with E-state index in [9.17, 15) is 9.59 Å². The third-order valence-corrected chi connectivity index (χ3v) is 5.23. The Labute approximate surface area is 167 Å². The van der Waals surface area contributed by atoms with Gasteiger partial charge in [0.1, 0.15) is 5.75 Å². The Hall–Kier alpha value is -2.83. The van der Waals surface area contributed by atoms with Crippen LogP contribution in [-0.4, -0.2) is 36.5 Å². The maximum Gasteiger partial charge on any atom is 0.251 e. The van der Waals surface area contributed by atoms with Gasteiger partial charge < -0.3 is 15.0 Å². The number of amides is 2. The smallest absolute Gasteiger partial charge is 0.251 e. The first kappa shape index (κ1) is 18.5. The zero-order valence-electron chi connectivity index (χ0n) is 15.4. The number of aromatic amines is 1. The predicted molar refractivity (Wildman–Crippen MR) is 109 cm³/mol. The van der Waals surface area contributed by atoms with Crippen LogP contribution in [0.1, 0.15) is 12.0 Å². The van der Waals surface area contributed by atoms with Gasteiger partial charge in [0.25, 0.3) is 5.91 Å². The van der Waals surface area contributed by atoms with Gasteiger partial charge in [0.2, 0.25) is 5.91 Å². The van der Waals surface area contributed by atoms with Crippen LogP contribution < -0.4 is 15.0 Å². The second-order valence-electron chi connectivity index (χ2n) is 6.73. The molecule has 0 unspecified atom stereocenters. The predicted octanol–water partition coefficient (Wildman–Crippen LogP) is 3.29. The van der Waals surface area contributed by atoms with E-state index >= 15 is 0 Å². The number of nitrogens with zero attached hydrogens (tertiary/aromatic N) is 1. The van der Waals surface area contributed by atoms with E-state index in [1.807, 2.05) is 24.4 Å². The van der Waals surface area contributed by atoms with Gasteiger partial charge in [0.05, 0.1) is 25.3 Å². The largest absolute Gasteiger partial charge is 0.497 e. The fourth-order valence-corrected chi connectivity index (χ4v) is 3.70. The number of aromatic nitrogens is 1. The monoisotopic (exact) mass is 397 g/mol. The number of H-pyrrole nitrogens is 1. The third-order valence-electron chi connectivity index (χ3n) is 4.99. The van der Waals surface area contributed by atoms with Gasteiger partial charge in [-0.3, -0.25) is 9.59 Å². The number of carbonyl (C=O) groups is 2. The van der Waals surface area contributed by atoms with Gasteiger partial charge in [-0.2, -0.15) is 0 Å². The molecule has 6 nitrogen and oxygen atoms in total. The molecule has 1 saturated heterocycles. The maximum absolute atomic E-state index is 12.7. The molecule has 28 heavy (non-hydrogen) atoms. The minimum Gasteiger partial charge on any atom is -0.497 e. The van der Waals surface area contributed by atoms with Crippen LogP contribution in [0.3, 0.4) is 0 Å². The number of benzene rings is 2. The molecule has 2 heterocycles. The highest BCUT2D eigenvalue weighted by molar-refractivity contribution is 6.31. The number of hydrogen-bond donors (Lipinski definition) is 2. The minimum atomic E-state index is -0.511. The first-order valence-corrected chi connectivity index (χ1v) is 9.44. The molecule has 2 amide bonds. The van der Waals surface area contributed by atoms with Gasteiger partial charge in [0, 0.05) is 28.7 Å². The van der Waals surface area contributed by atoms with E-state index in [0.717, 1.165) is 22.9 Å². The number of hydrogen-bond acceptors (Lipinski definition) is 4. The summed E-state index contributed by atoms with van der Waals surface area (Å²) in [6.45, 7) is 0.583. The molecule has 0 aliphatic carbocycles. The van der Waals surface area contributed by atoms with Crippen molar-refractivity contribution in [3.05, 3.63) is 59.2 Å². The van der Waals surface area contributed by atoms with Crippen LogP contribution in [0.4, 0.5) is 5.69 Å². The molecule has 0 spiro atoms. The van der Waals surface area contributed by atoms with Gasteiger partial charge in [-0.05, 0) is 54.4 Å². The topological polar surface area (TPSA) is 74.4 Å². The maximum atomic E-state index is 12.7. The molecule has 1 fully saturated rings. The van der Waals surface area contributed by atoms with Crippen LogP contribution in [0.5, 0.6) is 5.75 Å². The van der Waals surface area contributed by atoms with E-state index < -0.39 is 6.04 Å². The lowest BCUT2D eigenvalue weighted by Crippen LogP contribution is -2.39. The van der Waals surface area contributed by atoms with Crippen molar-refractivity contribution in [2.45, 2.75) is 18.9 Å². The summed E-state index contributed by atoms with van der Waals surface area (Å²) >= 11 is 6.09. The Balaban J connectivity index is 1.40. The molecule has 3 aromatic rings. The van der Waals surface area contributed by atoms with Crippen molar-refractivity contribution in [2.75, 3.05) is 18.6 Å². The highest BCUT2D eigenvalue weighted by Gasteiger charge is 2.39. The molecule has 0 saturated carbocycles. The van der Waals surface area contributed by atoms with Crippen LogP contribution in [-0.2, 0) is 16.0 Å². The van der Waals surface area contributed by atoms with E-state index in [1.54, 1.807) is 31.4 Å². The van der Waals surface area contributed by atoms with Crippen LogP contribution in [0.15, 0.2) is 48.7 Å². The highest BCUT2D eigenvalue weighted by atomic mass is 35.5. The van der Waals surface area contributed by atoms with E-state index in [1.165, 1.54) is 4.90 Å². The molecule has 1 aromatic heterocycles. The zero-order valence-corrected chi connectivity index (χ0v) is 16.1. The van der Waals surface area contributed by atoms with E-state index in [0.29, 0.717) is 23.0 Å². The number of anilines is 1. The molecule has 7 heteroatoms. The first-order valence-electron chi connectivity index (χ1n) is 9.06. The number of rotatable bonds is 6. The number of nitrogens with one attached hydrogen (secondary N) is 2. The molecule has 0 bridgehead atoms. The summed E-state index contributed by atoms with van der Waals surface area (Å²) in [7, 11) is 1.57. The minimum absolute atomic E-state index is 0.157. The summed E-state index contributed by atoms with van der Waals surface area (Å²) < 4.78 is 5.12. The van der Waals surface area contributed by atoms with Gasteiger partial charge in [-0.1, -0.05) is 11.6 Å². The fourth-order valence-electron chi connectivity index (χ4n) is 3.53. The molecule has 1 aliphatic heterocycles. The molecule has 1 aliphatic rings. The van der Waals surface area contributed by atoms with Crippen molar-refractivity contribution >= 4 is 40.0 Å². The Kier molecular flexibility index (Phi) is 5.07. The Morgan fingerprint density at radius 2 is 2.00 bits per heavy atom. The fraction of sp³-hybridized carbons (Fsp3) is 0.238. The lowest BCUT2D eigenvalue weighted by atomic mass is 10.1. The molecule has 2 N–H and O–H groups in total. The Morgan fingerprint density at radius 3 is 2.75 bits per heavy atom. The Bertz CT molecular complexity index is 1030. The van der Waals surface area contributed by atoms with E-state index in [2.05, 4.69) is 10.3 Å². The number of halogens is 1. The molecule has 2 aromatic carbocycles. The SMILES string of the molecule is COc1ccc(N2C(=O)C[C@@H](NCCc3c[nH]c4ccc(Cl)cc34)C2=O)cc1. The number of fused-ring (bicyclic) bond motifs is 1. The summed E-state index contributed by atoms with van der Waals surface area (Å²) in [5.41, 5.74) is 2.71. The first-order chi connectivity index (χ1) is 13.6. The van der Waals surface area contributed by atoms with E-state index in [4.69, 9.17) is 16.3 Å². The summed E-state index contributed by atoms with van der Waals surface area (Å²) in [4.78, 5) is 29.5. The van der Waals surface area contributed by atoms with Crippen molar-refractivity contribution < 1.29 is 14.3 Å². The average Bonchev–Trinajstić information content (AvgIpc) is 3.22. The van der Waals surface area contributed by atoms with Crippen molar-refractivity contribution in [2.24, 2.45) is 0 Å². The molecule has 144 valence electrons.